The molecule has 1 aromatic carbocycles. The molecule has 0 unspecified atom stereocenters. The third-order valence-electron chi connectivity index (χ3n) is 5.20. The highest BCUT2D eigenvalue weighted by molar-refractivity contribution is 6.07. The van der Waals surface area contributed by atoms with Gasteiger partial charge < -0.3 is 15.8 Å². The average Bonchev–Trinajstić information content (AvgIpc) is 2.83. The van der Waals surface area contributed by atoms with E-state index in [9.17, 15) is 4.79 Å². The second kappa shape index (κ2) is 4.23. The molecule has 4 nitrogen and oxygen atoms in total. The molecule has 4 heteroatoms. The van der Waals surface area contributed by atoms with Crippen molar-refractivity contribution < 1.29 is 9.53 Å². The molecule has 2 aliphatic heterocycles. The minimum atomic E-state index is -0.566. The number of carbonyl (C=O) groups excluding carboxylic acids is 1. The van der Waals surface area contributed by atoms with Crippen LogP contribution >= 0.6 is 0 Å². The standard InChI is InChI=1S/C17H24N2O2/c1-6-11-10-7-9(2)13-12(16(3,4)15(20)19-13)14(10)21-17(11,5)8-18/h7,11H,6,8,18H2,1-5H3,(H,19,20)/t11-,17+/m1/s1. The van der Waals surface area contributed by atoms with Crippen LogP contribution in [-0.2, 0) is 10.2 Å². The molecule has 0 radical (unpaired) electrons. The first-order chi connectivity index (χ1) is 9.76. The van der Waals surface area contributed by atoms with Crippen LogP contribution < -0.4 is 15.8 Å². The fourth-order valence-electron chi connectivity index (χ4n) is 3.80. The van der Waals surface area contributed by atoms with Gasteiger partial charge in [0.1, 0.15) is 11.4 Å². The van der Waals surface area contributed by atoms with E-state index in [1.807, 2.05) is 20.8 Å². The van der Waals surface area contributed by atoms with Crippen molar-refractivity contribution in [3.05, 3.63) is 22.8 Å². The number of amides is 1. The number of carbonyl (C=O) groups is 1. The minimum Gasteiger partial charge on any atom is -0.485 e. The monoisotopic (exact) mass is 288 g/mol. The van der Waals surface area contributed by atoms with E-state index in [4.69, 9.17) is 10.5 Å². The summed E-state index contributed by atoms with van der Waals surface area (Å²) in [6, 6.07) is 2.16. The molecule has 0 saturated heterocycles. The number of aryl methyl sites for hydroxylation is 1. The van der Waals surface area contributed by atoms with Gasteiger partial charge in [0.2, 0.25) is 5.91 Å². The maximum absolute atomic E-state index is 12.3. The van der Waals surface area contributed by atoms with E-state index < -0.39 is 5.41 Å². The summed E-state index contributed by atoms with van der Waals surface area (Å²) in [5.74, 6) is 1.18. The van der Waals surface area contributed by atoms with Gasteiger partial charge in [-0.2, -0.15) is 0 Å². The zero-order valence-corrected chi connectivity index (χ0v) is 13.5. The number of fused-ring (bicyclic) bond motifs is 3. The fraction of sp³-hybridized carbons (Fsp3) is 0.588. The maximum Gasteiger partial charge on any atom is 0.234 e. The molecule has 3 rings (SSSR count). The topological polar surface area (TPSA) is 64.3 Å². The summed E-state index contributed by atoms with van der Waals surface area (Å²) in [6.45, 7) is 10.7. The highest BCUT2D eigenvalue weighted by Crippen LogP contribution is 2.55. The first-order valence-corrected chi connectivity index (χ1v) is 7.64. The number of rotatable bonds is 2. The van der Waals surface area contributed by atoms with Crippen LogP contribution in [0.5, 0.6) is 5.75 Å². The quantitative estimate of drug-likeness (QED) is 0.879. The SMILES string of the molecule is CC[C@@H]1c2cc(C)c3c(c2O[C@@]1(C)CN)C(C)(C)C(=O)N3. The summed E-state index contributed by atoms with van der Waals surface area (Å²) in [5.41, 5.74) is 9.25. The van der Waals surface area contributed by atoms with Gasteiger partial charge in [-0.15, -0.1) is 0 Å². The molecule has 0 aromatic heterocycles. The highest BCUT2D eigenvalue weighted by Gasteiger charge is 2.50. The Bertz CT molecular complexity index is 636. The lowest BCUT2D eigenvalue weighted by Crippen LogP contribution is -2.42. The van der Waals surface area contributed by atoms with Crippen molar-refractivity contribution in [3.8, 4) is 5.75 Å². The molecule has 0 fully saturated rings. The van der Waals surface area contributed by atoms with E-state index in [0.717, 1.165) is 29.0 Å². The number of hydrogen-bond acceptors (Lipinski definition) is 3. The molecule has 0 spiro atoms. The summed E-state index contributed by atoms with van der Waals surface area (Å²) in [7, 11) is 0. The smallest absolute Gasteiger partial charge is 0.234 e. The number of benzene rings is 1. The van der Waals surface area contributed by atoms with Gasteiger partial charge in [-0.1, -0.05) is 6.92 Å². The van der Waals surface area contributed by atoms with E-state index in [2.05, 4.69) is 25.2 Å². The third kappa shape index (κ3) is 1.68. The Labute approximate surface area is 126 Å². The lowest BCUT2D eigenvalue weighted by molar-refractivity contribution is -0.119. The number of nitrogens with one attached hydrogen (secondary N) is 1. The van der Waals surface area contributed by atoms with E-state index in [-0.39, 0.29) is 17.4 Å². The van der Waals surface area contributed by atoms with Gasteiger partial charge in [0.25, 0.3) is 0 Å². The van der Waals surface area contributed by atoms with Crippen LogP contribution in [0.15, 0.2) is 6.07 Å². The number of nitrogens with two attached hydrogens (primary N) is 1. The summed E-state index contributed by atoms with van der Waals surface area (Å²) >= 11 is 0. The van der Waals surface area contributed by atoms with Crippen LogP contribution in [0, 0.1) is 6.92 Å². The summed E-state index contributed by atoms with van der Waals surface area (Å²) in [4.78, 5) is 12.3. The first kappa shape index (κ1) is 14.4. The third-order valence-corrected chi connectivity index (χ3v) is 5.20. The zero-order valence-electron chi connectivity index (χ0n) is 13.5. The molecule has 0 saturated carbocycles. The van der Waals surface area contributed by atoms with E-state index in [0.29, 0.717) is 6.54 Å². The molecule has 2 aliphatic rings. The molecule has 0 bridgehead atoms. The van der Waals surface area contributed by atoms with Crippen LogP contribution in [-0.4, -0.2) is 18.1 Å². The Morgan fingerprint density at radius 3 is 2.62 bits per heavy atom. The van der Waals surface area contributed by atoms with Crippen LogP contribution in [0.4, 0.5) is 5.69 Å². The Hall–Kier alpha value is -1.55. The Morgan fingerprint density at radius 2 is 2.05 bits per heavy atom. The first-order valence-electron chi connectivity index (χ1n) is 7.64. The van der Waals surface area contributed by atoms with Crippen molar-refractivity contribution >= 4 is 11.6 Å². The fourth-order valence-corrected chi connectivity index (χ4v) is 3.80. The van der Waals surface area contributed by atoms with Gasteiger partial charge in [0, 0.05) is 23.6 Å². The maximum atomic E-state index is 12.3. The minimum absolute atomic E-state index is 0.0343. The van der Waals surface area contributed by atoms with Gasteiger partial charge in [0.05, 0.1) is 11.1 Å². The zero-order chi connectivity index (χ0) is 15.6. The van der Waals surface area contributed by atoms with E-state index >= 15 is 0 Å². The van der Waals surface area contributed by atoms with Crippen molar-refractivity contribution in [2.75, 3.05) is 11.9 Å². The molecule has 2 heterocycles. The van der Waals surface area contributed by atoms with Gasteiger partial charge in [-0.3, -0.25) is 4.79 Å². The predicted molar refractivity (Wildman–Crippen MR) is 84.0 cm³/mol. The van der Waals surface area contributed by atoms with Crippen LogP contribution in [0.25, 0.3) is 0 Å². The number of anilines is 1. The largest absolute Gasteiger partial charge is 0.485 e. The molecule has 0 aliphatic carbocycles. The Kier molecular flexibility index (Phi) is 2.90. The van der Waals surface area contributed by atoms with Crippen LogP contribution in [0.1, 0.15) is 56.7 Å². The molecule has 2 atom stereocenters. The molecular weight excluding hydrogens is 264 g/mol. The Balaban J connectivity index is 2.28. The van der Waals surface area contributed by atoms with Gasteiger partial charge in [-0.25, -0.2) is 0 Å². The van der Waals surface area contributed by atoms with Gasteiger partial charge >= 0.3 is 0 Å². The lowest BCUT2D eigenvalue weighted by Gasteiger charge is -2.29. The molecular formula is C17H24N2O2. The van der Waals surface area contributed by atoms with Gasteiger partial charge in [0.15, 0.2) is 0 Å². The van der Waals surface area contributed by atoms with E-state index in [1.165, 1.54) is 5.56 Å². The van der Waals surface area contributed by atoms with Crippen LogP contribution in [0.3, 0.4) is 0 Å². The van der Waals surface area contributed by atoms with E-state index in [1.54, 1.807) is 0 Å². The summed E-state index contributed by atoms with van der Waals surface area (Å²) in [6.07, 6.45) is 0.973. The van der Waals surface area contributed by atoms with Crippen molar-refractivity contribution in [2.24, 2.45) is 5.73 Å². The Morgan fingerprint density at radius 1 is 1.38 bits per heavy atom. The molecule has 1 amide bonds. The van der Waals surface area contributed by atoms with Crippen molar-refractivity contribution in [3.63, 3.8) is 0 Å². The molecule has 1 aromatic rings. The second-order valence-electron chi connectivity index (χ2n) is 7.02. The highest BCUT2D eigenvalue weighted by atomic mass is 16.5. The lowest BCUT2D eigenvalue weighted by atomic mass is 9.79. The average molecular weight is 288 g/mol. The molecule has 114 valence electrons. The van der Waals surface area contributed by atoms with Crippen molar-refractivity contribution in [1.82, 2.24) is 0 Å². The van der Waals surface area contributed by atoms with Crippen LogP contribution in [0.2, 0.25) is 0 Å². The normalized spacial score (nSPS) is 28.9. The molecule has 21 heavy (non-hydrogen) atoms. The van der Waals surface area contributed by atoms with Gasteiger partial charge in [-0.05, 0) is 45.7 Å². The summed E-state index contributed by atoms with van der Waals surface area (Å²) < 4.78 is 6.31. The molecule has 3 N–H and O–H groups in total. The summed E-state index contributed by atoms with van der Waals surface area (Å²) in [5, 5.41) is 3.01. The number of hydrogen-bond donors (Lipinski definition) is 2. The predicted octanol–water partition coefficient (Wildman–Crippen LogP) is 2.83. The van der Waals surface area contributed by atoms with Crippen molar-refractivity contribution in [1.29, 1.82) is 0 Å². The second-order valence-corrected chi connectivity index (χ2v) is 7.02. The van der Waals surface area contributed by atoms with Crippen molar-refractivity contribution in [2.45, 2.75) is 58.0 Å². The number of ether oxygens (including phenoxy) is 1.